The van der Waals surface area contributed by atoms with E-state index >= 15 is 0 Å². The quantitative estimate of drug-likeness (QED) is 0.775. The van der Waals surface area contributed by atoms with E-state index in [4.69, 9.17) is 4.52 Å². The minimum absolute atomic E-state index is 0.0929. The van der Waals surface area contributed by atoms with Crippen molar-refractivity contribution in [3.05, 3.63) is 5.82 Å². The van der Waals surface area contributed by atoms with Gasteiger partial charge in [-0.3, -0.25) is 0 Å². The van der Waals surface area contributed by atoms with Gasteiger partial charge >= 0.3 is 6.01 Å². The molecule has 19 heavy (non-hydrogen) atoms. The van der Waals surface area contributed by atoms with Gasteiger partial charge in [-0.25, -0.2) is 0 Å². The van der Waals surface area contributed by atoms with Gasteiger partial charge in [-0.1, -0.05) is 31.8 Å². The number of hydrogen-bond donors (Lipinski definition) is 2. The van der Waals surface area contributed by atoms with Gasteiger partial charge in [0.05, 0.1) is 6.10 Å². The molecule has 0 aromatic carbocycles. The third kappa shape index (κ3) is 4.20. The summed E-state index contributed by atoms with van der Waals surface area (Å²) in [5, 5.41) is 16.9. The van der Waals surface area contributed by atoms with Crippen LogP contribution in [0.3, 0.4) is 0 Å². The van der Waals surface area contributed by atoms with E-state index in [1.807, 2.05) is 13.8 Å². The molecule has 1 aromatic heterocycles. The zero-order valence-electron chi connectivity index (χ0n) is 11.9. The summed E-state index contributed by atoms with van der Waals surface area (Å²) in [6.07, 6.45) is 6.58. The topological polar surface area (TPSA) is 71.2 Å². The van der Waals surface area contributed by atoms with E-state index in [-0.39, 0.29) is 12.0 Å². The highest BCUT2D eigenvalue weighted by Gasteiger charge is 2.22. The Balaban J connectivity index is 1.65. The van der Waals surface area contributed by atoms with Crippen LogP contribution in [-0.2, 0) is 0 Å². The van der Waals surface area contributed by atoms with Crippen LogP contribution in [-0.4, -0.2) is 27.9 Å². The Kier molecular flexibility index (Phi) is 5.19. The largest absolute Gasteiger partial charge is 0.393 e. The van der Waals surface area contributed by atoms with Gasteiger partial charge in [-0.15, -0.1) is 0 Å². The van der Waals surface area contributed by atoms with Gasteiger partial charge in [-0.05, 0) is 31.6 Å². The molecule has 0 saturated heterocycles. The van der Waals surface area contributed by atoms with E-state index in [2.05, 4.69) is 15.5 Å². The summed E-state index contributed by atoms with van der Waals surface area (Å²) in [6, 6.07) is 0.507. The van der Waals surface area contributed by atoms with Crippen LogP contribution in [0.1, 0.15) is 64.1 Å². The van der Waals surface area contributed by atoms with Gasteiger partial charge in [0, 0.05) is 12.5 Å². The summed E-state index contributed by atoms with van der Waals surface area (Å²) in [5.74, 6) is 1.51. The minimum atomic E-state index is -0.0929. The van der Waals surface area contributed by atoms with Crippen LogP contribution in [0.5, 0.6) is 0 Å². The second-order valence-corrected chi connectivity index (χ2v) is 5.79. The monoisotopic (exact) mass is 267 g/mol. The van der Waals surface area contributed by atoms with Gasteiger partial charge in [-0.2, -0.15) is 4.98 Å². The molecule has 2 atom stereocenters. The molecule has 0 bridgehead atoms. The molecule has 0 spiro atoms. The van der Waals surface area contributed by atoms with Crippen LogP contribution < -0.4 is 5.32 Å². The summed E-state index contributed by atoms with van der Waals surface area (Å²) in [7, 11) is 0. The van der Waals surface area contributed by atoms with Gasteiger partial charge in [0.1, 0.15) is 0 Å². The number of nitrogens with one attached hydrogen (secondary N) is 1. The first kappa shape index (κ1) is 14.3. The highest BCUT2D eigenvalue weighted by atomic mass is 16.5. The minimum Gasteiger partial charge on any atom is -0.393 e. The number of hydrogen-bond acceptors (Lipinski definition) is 5. The first-order valence-electron chi connectivity index (χ1n) is 7.42. The Morgan fingerprint density at radius 1 is 1.37 bits per heavy atom. The zero-order chi connectivity index (χ0) is 13.7. The van der Waals surface area contributed by atoms with E-state index < -0.39 is 0 Å². The first-order chi connectivity index (χ1) is 9.16. The molecular weight excluding hydrogens is 242 g/mol. The van der Waals surface area contributed by atoms with E-state index in [9.17, 15) is 5.11 Å². The second-order valence-electron chi connectivity index (χ2n) is 5.79. The fourth-order valence-electron chi connectivity index (χ4n) is 2.63. The summed E-state index contributed by atoms with van der Waals surface area (Å²) in [6.45, 7) is 4.90. The van der Waals surface area contributed by atoms with Crippen molar-refractivity contribution in [2.45, 2.75) is 64.4 Å². The summed E-state index contributed by atoms with van der Waals surface area (Å²) in [4.78, 5) is 4.27. The standard InChI is InChI=1S/C14H25N3O2/c1-10(2)13-16-14(19-17-13)15-9-5-7-11-6-3-4-8-12(11)18/h10-12,18H,3-9H2,1-2H3,(H,15,16,17). The lowest BCUT2D eigenvalue weighted by atomic mass is 9.83. The highest BCUT2D eigenvalue weighted by molar-refractivity contribution is 5.18. The lowest BCUT2D eigenvalue weighted by Gasteiger charge is -2.27. The maximum Gasteiger partial charge on any atom is 0.321 e. The fraction of sp³-hybridized carbons (Fsp3) is 0.857. The number of aromatic nitrogens is 2. The number of nitrogens with zero attached hydrogens (tertiary/aromatic N) is 2. The summed E-state index contributed by atoms with van der Waals surface area (Å²) >= 11 is 0. The van der Waals surface area contributed by atoms with Crippen LogP contribution in [0.2, 0.25) is 0 Å². The fourth-order valence-corrected chi connectivity index (χ4v) is 2.63. The van der Waals surface area contributed by atoms with Gasteiger partial charge < -0.3 is 14.9 Å². The Labute approximate surface area is 114 Å². The van der Waals surface area contributed by atoms with Crippen molar-refractivity contribution >= 4 is 6.01 Å². The maximum absolute atomic E-state index is 9.89. The molecule has 2 N–H and O–H groups in total. The molecule has 2 unspecified atom stereocenters. The summed E-state index contributed by atoms with van der Waals surface area (Å²) < 4.78 is 5.12. The Bertz CT molecular complexity index is 379. The Morgan fingerprint density at radius 3 is 2.84 bits per heavy atom. The average Bonchev–Trinajstić information content (AvgIpc) is 2.85. The maximum atomic E-state index is 9.89. The van der Waals surface area contributed by atoms with Crippen molar-refractivity contribution in [2.75, 3.05) is 11.9 Å². The average molecular weight is 267 g/mol. The lowest BCUT2D eigenvalue weighted by molar-refractivity contribution is 0.0647. The Hall–Kier alpha value is -1.10. The van der Waals surface area contributed by atoms with Crippen LogP contribution >= 0.6 is 0 Å². The van der Waals surface area contributed by atoms with Crippen molar-refractivity contribution < 1.29 is 9.63 Å². The number of rotatable bonds is 6. The normalized spacial score (nSPS) is 23.8. The van der Waals surface area contributed by atoms with Gasteiger partial charge in [0.15, 0.2) is 5.82 Å². The molecule has 5 heteroatoms. The molecule has 108 valence electrons. The van der Waals surface area contributed by atoms with Crippen LogP contribution in [0.4, 0.5) is 6.01 Å². The van der Waals surface area contributed by atoms with Gasteiger partial charge in [0.25, 0.3) is 0 Å². The van der Waals surface area contributed by atoms with Crippen LogP contribution in [0, 0.1) is 5.92 Å². The molecule has 1 aliphatic carbocycles. The van der Waals surface area contributed by atoms with Crippen molar-refractivity contribution in [3.63, 3.8) is 0 Å². The van der Waals surface area contributed by atoms with Crippen molar-refractivity contribution in [1.82, 2.24) is 10.1 Å². The number of aliphatic hydroxyl groups is 1. The van der Waals surface area contributed by atoms with Crippen molar-refractivity contribution in [2.24, 2.45) is 5.92 Å². The van der Waals surface area contributed by atoms with E-state index in [1.165, 1.54) is 19.3 Å². The highest BCUT2D eigenvalue weighted by Crippen LogP contribution is 2.27. The Morgan fingerprint density at radius 2 is 2.16 bits per heavy atom. The SMILES string of the molecule is CC(C)c1noc(NCCCC2CCCCC2O)n1. The zero-order valence-corrected chi connectivity index (χ0v) is 11.9. The molecule has 1 fully saturated rings. The molecule has 0 amide bonds. The van der Waals surface area contributed by atoms with E-state index in [1.54, 1.807) is 0 Å². The molecule has 1 saturated carbocycles. The van der Waals surface area contributed by atoms with Crippen LogP contribution in [0.25, 0.3) is 0 Å². The molecule has 2 rings (SSSR count). The van der Waals surface area contributed by atoms with Crippen molar-refractivity contribution in [3.8, 4) is 0 Å². The molecule has 0 radical (unpaired) electrons. The molecule has 1 aliphatic rings. The smallest absolute Gasteiger partial charge is 0.321 e. The number of aliphatic hydroxyl groups excluding tert-OH is 1. The third-order valence-corrected chi connectivity index (χ3v) is 3.86. The molecular formula is C14H25N3O2. The predicted octanol–water partition coefficient (Wildman–Crippen LogP) is 2.94. The van der Waals surface area contributed by atoms with Crippen molar-refractivity contribution in [1.29, 1.82) is 0 Å². The van der Waals surface area contributed by atoms with E-state index in [0.717, 1.165) is 31.6 Å². The second kappa shape index (κ2) is 6.89. The van der Waals surface area contributed by atoms with Gasteiger partial charge in [0.2, 0.25) is 0 Å². The molecule has 1 aromatic rings. The predicted molar refractivity (Wildman–Crippen MR) is 74.1 cm³/mol. The van der Waals surface area contributed by atoms with E-state index in [0.29, 0.717) is 11.9 Å². The molecule has 1 heterocycles. The van der Waals surface area contributed by atoms with Crippen LogP contribution in [0.15, 0.2) is 4.52 Å². The third-order valence-electron chi connectivity index (χ3n) is 3.86. The molecule has 0 aliphatic heterocycles. The first-order valence-corrected chi connectivity index (χ1v) is 7.42. The molecule has 5 nitrogen and oxygen atoms in total. The summed E-state index contributed by atoms with van der Waals surface area (Å²) in [5.41, 5.74) is 0. The lowest BCUT2D eigenvalue weighted by Crippen LogP contribution is -2.24. The number of anilines is 1.